The van der Waals surface area contributed by atoms with E-state index in [0.717, 1.165) is 11.6 Å². The molecule has 0 spiro atoms. The summed E-state index contributed by atoms with van der Waals surface area (Å²) in [6.07, 6.45) is 4.67. The number of halogens is 2. The summed E-state index contributed by atoms with van der Waals surface area (Å²) in [7, 11) is 1.48. The summed E-state index contributed by atoms with van der Waals surface area (Å²) in [6, 6.07) is 13.8. The minimum atomic E-state index is -1.08. The van der Waals surface area contributed by atoms with Crippen molar-refractivity contribution in [3.8, 4) is 11.5 Å². The number of carbonyl (C=O) groups excluding carboxylic acids is 1. The van der Waals surface area contributed by atoms with Crippen molar-refractivity contribution in [2.24, 2.45) is 0 Å². The van der Waals surface area contributed by atoms with Crippen LogP contribution in [0.5, 0.6) is 11.5 Å². The van der Waals surface area contributed by atoms with E-state index in [1.165, 1.54) is 41.1 Å². The first kappa shape index (κ1) is 24.9. The molecule has 0 unspecified atom stereocenters. The normalized spacial score (nSPS) is 14.2. The molecule has 0 saturated heterocycles. The van der Waals surface area contributed by atoms with Gasteiger partial charge >= 0.3 is 0 Å². The molecule has 2 heterocycles. The van der Waals surface area contributed by atoms with Crippen LogP contribution in [0.4, 0.5) is 8.78 Å². The average molecular weight is 497 g/mol. The molecule has 0 aliphatic carbocycles. The van der Waals surface area contributed by atoms with E-state index in [0.29, 0.717) is 6.54 Å². The van der Waals surface area contributed by atoms with E-state index in [4.69, 9.17) is 9.47 Å². The number of benzene rings is 2. The number of pyridine rings is 1. The van der Waals surface area contributed by atoms with Crippen LogP contribution < -0.4 is 15.2 Å². The number of hydrogen-bond donors (Lipinski definition) is 1. The van der Waals surface area contributed by atoms with Crippen LogP contribution in [0, 0.1) is 11.6 Å². The van der Waals surface area contributed by atoms with Gasteiger partial charge in [-0.05, 0) is 23.8 Å². The third-order valence-corrected chi connectivity index (χ3v) is 5.69. The number of hydrogen-bond acceptors (Lipinski definition) is 6. The molecule has 188 valence electrons. The van der Waals surface area contributed by atoms with Gasteiger partial charge in [0.15, 0.2) is 23.0 Å². The molecule has 1 N–H and O–H groups in total. The van der Waals surface area contributed by atoms with Crippen LogP contribution in [-0.2, 0) is 11.3 Å². The number of aromatic hydroxyl groups is 1. The SMILES string of the molecule is COC[C@@H](/C=C/COc1cccc(F)c1F)N1CN(Cc2ccccc2)n2ccc(=O)c(O)c2C1=O. The summed E-state index contributed by atoms with van der Waals surface area (Å²) in [5.74, 6) is -3.53. The van der Waals surface area contributed by atoms with Gasteiger partial charge in [-0.3, -0.25) is 19.3 Å². The Bertz CT molecular complexity index is 1310. The highest BCUT2D eigenvalue weighted by molar-refractivity contribution is 5.96. The summed E-state index contributed by atoms with van der Waals surface area (Å²) in [4.78, 5) is 27.0. The molecule has 1 aliphatic heterocycles. The fraction of sp³-hybridized carbons (Fsp3) is 0.231. The molecule has 0 bridgehead atoms. The van der Waals surface area contributed by atoms with E-state index >= 15 is 0 Å². The Morgan fingerprint density at radius 2 is 1.86 bits per heavy atom. The van der Waals surface area contributed by atoms with E-state index < -0.39 is 34.8 Å². The van der Waals surface area contributed by atoms with Crippen LogP contribution in [0.3, 0.4) is 0 Å². The number of methoxy groups -OCH3 is 1. The van der Waals surface area contributed by atoms with Gasteiger partial charge in [0.2, 0.25) is 11.2 Å². The van der Waals surface area contributed by atoms with E-state index in [1.807, 2.05) is 30.3 Å². The van der Waals surface area contributed by atoms with Gasteiger partial charge in [-0.2, -0.15) is 4.39 Å². The fourth-order valence-corrected chi connectivity index (χ4v) is 3.94. The molecule has 1 aliphatic rings. The molecule has 4 rings (SSSR count). The molecule has 36 heavy (non-hydrogen) atoms. The lowest BCUT2D eigenvalue weighted by molar-refractivity contribution is 0.0524. The van der Waals surface area contributed by atoms with Crippen molar-refractivity contribution < 1.29 is 28.2 Å². The fourth-order valence-electron chi connectivity index (χ4n) is 3.94. The lowest BCUT2D eigenvalue weighted by atomic mass is 10.1. The number of nitrogens with zero attached hydrogens (tertiary/aromatic N) is 3. The standard InChI is InChI=1S/C26H25F2N3O5/c1-35-16-19(9-6-14-36-22-11-5-10-20(27)23(22)28)30-17-29(15-18-7-3-2-4-8-18)31-13-12-21(32)25(33)24(31)26(30)34/h2-13,19,33H,14-17H2,1H3/b9-6+/t19-/m1/s1. The highest BCUT2D eigenvalue weighted by atomic mass is 19.2. The van der Waals surface area contributed by atoms with Crippen molar-refractivity contribution in [1.82, 2.24) is 9.58 Å². The Labute approximate surface area is 206 Å². The van der Waals surface area contributed by atoms with E-state index in [2.05, 4.69) is 0 Å². The minimum absolute atomic E-state index is 0.0857. The lowest BCUT2D eigenvalue weighted by Crippen LogP contribution is -2.57. The number of aromatic nitrogens is 1. The zero-order chi connectivity index (χ0) is 25.7. The minimum Gasteiger partial charge on any atom is -0.502 e. The summed E-state index contributed by atoms with van der Waals surface area (Å²) in [5.41, 5.74) is 0.137. The first-order valence-electron chi connectivity index (χ1n) is 11.2. The molecule has 2 aromatic carbocycles. The van der Waals surface area contributed by atoms with Crippen LogP contribution in [0.1, 0.15) is 16.1 Å². The smallest absolute Gasteiger partial charge is 0.278 e. The van der Waals surface area contributed by atoms with Gasteiger partial charge in [0, 0.05) is 19.4 Å². The van der Waals surface area contributed by atoms with Gasteiger partial charge in [0.25, 0.3) is 5.91 Å². The molecular formula is C26H25F2N3O5. The lowest BCUT2D eigenvalue weighted by Gasteiger charge is -2.42. The number of carbonyl (C=O) groups is 1. The van der Waals surface area contributed by atoms with E-state index in [9.17, 15) is 23.5 Å². The maximum atomic E-state index is 13.8. The van der Waals surface area contributed by atoms with Crippen molar-refractivity contribution in [2.75, 3.05) is 32.0 Å². The zero-order valence-corrected chi connectivity index (χ0v) is 19.5. The second kappa shape index (κ2) is 11.0. The number of fused-ring (bicyclic) bond motifs is 1. The Morgan fingerprint density at radius 3 is 2.61 bits per heavy atom. The molecule has 10 heteroatoms. The van der Waals surface area contributed by atoms with E-state index in [1.54, 1.807) is 17.2 Å². The monoisotopic (exact) mass is 497 g/mol. The number of amides is 1. The van der Waals surface area contributed by atoms with Crippen LogP contribution in [0.25, 0.3) is 0 Å². The molecule has 0 radical (unpaired) electrons. The predicted octanol–water partition coefficient (Wildman–Crippen LogP) is 3.03. The second-order valence-electron chi connectivity index (χ2n) is 8.10. The maximum Gasteiger partial charge on any atom is 0.278 e. The highest BCUT2D eigenvalue weighted by Gasteiger charge is 2.35. The van der Waals surface area contributed by atoms with E-state index in [-0.39, 0.29) is 31.3 Å². The van der Waals surface area contributed by atoms with Crippen molar-refractivity contribution >= 4 is 5.91 Å². The van der Waals surface area contributed by atoms with Crippen molar-refractivity contribution in [3.05, 3.63) is 106 Å². The maximum absolute atomic E-state index is 13.8. The summed E-state index contributed by atoms with van der Waals surface area (Å²) in [5, 5.41) is 12.3. The van der Waals surface area contributed by atoms with Crippen LogP contribution in [0.15, 0.2) is 77.7 Å². The van der Waals surface area contributed by atoms with Crippen LogP contribution in [-0.4, -0.2) is 53.6 Å². The Kier molecular flexibility index (Phi) is 7.65. The quantitative estimate of drug-likeness (QED) is 0.458. The number of rotatable bonds is 9. The van der Waals surface area contributed by atoms with Gasteiger partial charge < -0.3 is 19.5 Å². The average Bonchev–Trinajstić information content (AvgIpc) is 2.87. The predicted molar refractivity (Wildman–Crippen MR) is 128 cm³/mol. The molecule has 1 aromatic heterocycles. The summed E-state index contributed by atoms with van der Waals surface area (Å²) in [6.45, 7) is 0.539. The summed E-state index contributed by atoms with van der Waals surface area (Å²) >= 11 is 0. The highest BCUT2D eigenvalue weighted by Crippen LogP contribution is 2.24. The Hall–Kier alpha value is -4.18. The van der Waals surface area contributed by atoms with Crippen molar-refractivity contribution in [3.63, 3.8) is 0 Å². The molecule has 1 atom stereocenters. The molecular weight excluding hydrogens is 472 g/mol. The van der Waals surface area contributed by atoms with Gasteiger partial charge in [0.05, 0.1) is 19.2 Å². The van der Waals surface area contributed by atoms with Crippen LogP contribution >= 0.6 is 0 Å². The van der Waals surface area contributed by atoms with Crippen molar-refractivity contribution in [1.29, 1.82) is 0 Å². The molecule has 8 nitrogen and oxygen atoms in total. The van der Waals surface area contributed by atoms with Crippen LogP contribution in [0.2, 0.25) is 0 Å². The Morgan fingerprint density at radius 1 is 1.08 bits per heavy atom. The summed E-state index contributed by atoms with van der Waals surface area (Å²) < 4.78 is 39.3. The van der Waals surface area contributed by atoms with Crippen molar-refractivity contribution in [2.45, 2.75) is 12.6 Å². The van der Waals surface area contributed by atoms with Gasteiger partial charge in [-0.15, -0.1) is 0 Å². The number of ether oxygens (including phenoxy) is 2. The zero-order valence-electron chi connectivity index (χ0n) is 19.5. The third-order valence-electron chi connectivity index (χ3n) is 5.69. The Balaban J connectivity index is 1.59. The third kappa shape index (κ3) is 5.23. The van der Waals surface area contributed by atoms with Gasteiger partial charge in [-0.25, -0.2) is 4.39 Å². The van der Waals surface area contributed by atoms with Gasteiger partial charge in [-0.1, -0.05) is 42.5 Å². The molecule has 1 amide bonds. The second-order valence-corrected chi connectivity index (χ2v) is 8.10. The molecule has 0 saturated carbocycles. The largest absolute Gasteiger partial charge is 0.502 e. The molecule has 3 aromatic rings. The first-order chi connectivity index (χ1) is 17.4. The van der Waals surface area contributed by atoms with Gasteiger partial charge in [0.1, 0.15) is 13.3 Å². The topological polar surface area (TPSA) is 84.2 Å². The first-order valence-corrected chi connectivity index (χ1v) is 11.2. The molecule has 0 fully saturated rings.